The van der Waals surface area contributed by atoms with Crippen molar-refractivity contribution < 1.29 is 31.5 Å². The number of halogens is 5. The monoisotopic (exact) mass is 234 g/mol. The lowest BCUT2D eigenvalue weighted by Crippen LogP contribution is -2.46. The van der Waals surface area contributed by atoms with Gasteiger partial charge in [0.25, 0.3) is 0 Å². The second kappa shape index (κ2) is 3.94. The van der Waals surface area contributed by atoms with Crippen LogP contribution in [0.3, 0.4) is 0 Å². The van der Waals surface area contributed by atoms with Gasteiger partial charge in [-0.3, -0.25) is 0 Å². The van der Waals surface area contributed by atoms with Crippen molar-refractivity contribution >= 4 is 5.97 Å². The largest absolute Gasteiger partial charge is 0.460 e. The second-order valence-corrected chi connectivity index (χ2v) is 3.36. The molecule has 0 aliphatic heterocycles. The molecule has 0 aromatic rings. The zero-order chi connectivity index (χ0) is 12.5. The van der Waals surface area contributed by atoms with Crippen LogP contribution in [0.1, 0.15) is 27.2 Å². The van der Waals surface area contributed by atoms with Crippen LogP contribution in [0.4, 0.5) is 22.0 Å². The molecule has 2 nitrogen and oxygen atoms in total. The molecule has 0 bridgehead atoms. The third-order valence-electron chi connectivity index (χ3n) is 1.88. The van der Waals surface area contributed by atoms with Crippen molar-refractivity contribution in [2.45, 2.75) is 44.9 Å². The number of hydrogen-bond acceptors (Lipinski definition) is 2. The molecule has 0 N–H and O–H groups in total. The molecular weight excluding hydrogens is 223 g/mol. The van der Waals surface area contributed by atoms with E-state index in [1.54, 1.807) is 0 Å². The van der Waals surface area contributed by atoms with Gasteiger partial charge in [0.1, 0.15) is 0 Å². The fraction of sp³-hybridized carbons (Fsp3) is 0.875. The Kier molecular flexibility index (Phi) is 3.71. The predicted molar refractivity (Wildman–Crippen MR) is 41.5 cm³/mol. The van der Waals surface area contributed by atoms with Gasteiger partial charge in [-0.1, -0.05) is 6.92 Å². The number of hydrogen-bond donors (Lipinski definition) is 0. The van der Waals surface area contributed by atoms with Gasteiger partial charge in [-0.05, 0) is 13.3 Å². The lowest BCUT2D eigenvalue weighted by molar-refractivity contribution is -0.315. The molecule has 90 valence electrons. The Bertz CT molecular complexity index is 244. The fourth-order valence-corrected chi connectivity index (χ4v) is 0.483. The Hall–Kier alpha value is -0.880. The van der Waals surface area contributed by atoms with E-state index < -0.39 is 30.1 Å². The van der Waals surface area contributed by atoms with Crippen LogP contribution < -0.4 is 0 Å². The standard InChI is InChI=1S/C8H11F5O2/c1-4-6(2,9)5(14)15-7(3,10)8(11,12)13/h4H2,1-3H3. The maximum atomic E-state index is 13.1. The van der Waals surface area contributed by atoms with Crippen LogP contribution in [-0.4, -0.2) is 23.7 Å². The topological polar surface area (TPSA) is 26.3 Å². The maximum absolute atomic E-state index is 13.1. The van der Waals surface area contributed by atoms with Crippen molar-refractivity contribution in [3.8, 4) is 0 Å². The Morgan fingerprint density at radius 3 is 1.80 bits per heavy atom. The lowest BCUT2D eigenvalue weighted by Gasteiger charge is -2.26. The van der Waals surface area contributed by atoms with Crippen molar-refractivity contribution in [2.75, 3.05) is 0 Å². The summed E-state index contributed by atoms with van der Waals surface area (Å²) in [6, 6.07) is 0. The number of alkyl halides is 5. The molecule has 0 aromatic heterocycles. The molecule has 0 saturated heterocycles. The highest BCUT2D eigenvalue weighted by atomic mass is 19.4. The zero-order valence-electron chi connectivity index (χ0n) is 8.41. The summed E-state index contributed by atoms with van der Waals surface area (Å²) < 4.78 is 65.1. The van der Waals surface area contributed by atoms with Crippen LogP contribution in [0.5, 0.6) is 0 Å². The van der Waals surface area contributed by atoms with Gasteiger partial charge < -0.3 is 4.74 Å². The normalized spacial score (nSPS) is 20.3. The molecule has 0 aromatic carbocycles. The van der Waals surface area contributed by atoms with Gasteiger partial charge in [0.15, 0.2) is 0 Å². The fourth-order valence-electron chi connectivity index (χ4n) is 0.483. The quantitative estimate of drug-likeness (QED) is 0.554. The number of ether oxygens (including phenoxy) is 1. The number of esters is 1. The van der Waals surface area contributed by atoms with Gasteiger partial charge in [-0.2, -0.15) is 17.6 Å². The summed E-state index contributed by atoms with van der Waals surface area (Å²) in [5.41, 5.74) is -2.63. The average Bonchev–Trinajstić information content (AvgIpc) is 2.01. The highest BCUT2D eigenvalue weighted by Gasteiger charge is 2.57. The van der Waals surface area contributed by atoms with E-state index >= 15 is 0 Å². The van der Waals surface area contributed by atoms with E-state index in [1.165, 1.54) is 6.92 Å². The molecule has 7 heteroatoms. The molecule has 0 saturated carbocycles. The van der Waals surface area contributed by atoms with Crippen LogP contribution in [0.15, 0.2) is 0 Å². The number of carbonyl (C=O) groups excluding carboxylic acids is 1. The van der Waals surface area contributed by atoms with Crippen molar-refractivity contribution in [3.05, 3.63) is 0 Å². The van der Waals surface area contributed by atoms with E-state index in [9.17, 15) is 26.7 Å². The Morgan fingerprint density at radius 2 is 1.53 bits per heavy atom. The molecule has 15 heavy (non-hydrogen) atoms. The Balaban J connectivity index is 4.70. The summed E-state index contributed by atoms with van der Waals surface area (Å²) in [5, 5.41) is 0. The summed E-state index contributed by atoms with van der Waals surface area (Å²) in [4.78, 5) is 10.8. The molecule has 2 atom stereocenters. The van der Waals surface area contributed by atoms with E-state index in [1.807, 2.05) is 0 Å². The third kappa shape index (κ3) is 3.32. The average molecular weight is 234 g/mol. The number of rotatable bonds is 3. The molecule has 0 rings (SSSR count). The molecule has 0 radical (unpaired) electrons. The Labute approximate surface area is 83.4 Å². The van der Waals surface area contributed by atoms with E-state index in [4.69, 9.17) is 0 Å². The molecule has 0 aliphatic rings. The van der Waals surface area contributed by atoms with E-state index in [0.717, 1.165) is 6.92 Å². The first-order valence-corrected chi connectivity index (χ1v) is 4.12. The molecular formula is C8H11F5O2. The highest BCUT2D eigenvalue weighted by Crippen LogP contribution is 2.36. The molecule has 0 amide bonds. The van der Waals surface area contributed by atoms with E-state index in [0.29, 0.717) is 0 Å². The van der Waals surface area contributed by atoms with Crippen LogP contribution in [0.25, 0.3) is 0 Å². The summed E-state index contributed by atoms with van der Waals surface area (Å²) in [7, 11) is 0. The molecule has 0 spiro atoms. The summed E-state index contributed by atoms with van der Waals surface area (Å²) in [6.07, 6.45) is -5.79. The van der Waals surface area contributed by atoms with E-state index in [2.05, 4.69) is 4.74 Å². The maximum Gasteiger partial charge on any atom is 0.460 e. The molecule has 0 aliphatic carbocycles. The third-order valence-corrected chi connectivity index (χ3v) is 1.88. The van der Waals surface area contributed by atoms with Gasteiger partial charge in [-0.25, -0.2) is 9.18 Å². The van der Waals surface area contributed by atoms with Gasteiger partial charge in [-0.15, -0.1) is 0 Å². The molecule has 0 fully saturated rings. The number of carbonyl (C=O) groups is 1. The second-order valence-electron chi connectivity index (χ2n) is 3.36. The minimum atomic E-state index is -5.38. The van der Waals surface area contributed by atoms with Crippen molar-refractivity contribution in [1.82, 2.24) is 0 Å². The first-order chi connectivity index (χ1) is 6.44. The van der Waals surface area contributed by atoms with Crippen molar-refractivity contribution in [2.24, 2.45) is 0 Å². The van der Waals surface area contributed by atoms with Crippen molar-refractivity contribution in [3.63, 3.8) is 0 Å². The summed E-state index contributed by atoms with van der Waals surface area (Å²) in [6.45, 7) is 1.96. The van der Waals surface area contributed by atoms with Gasteiger partial charge in [0.05, 0.1) is 0 Å². The van der Waals surface area contributed by atoms with Crippen LogP contribution in [0.2, 0.25) is 0 Å². The Morgan fingerprint density at radius 1 is 1.13 bits per heavy atom. The highest BCUT2D eigenvalue weighted by molar-refractivity contribution is 5.79. The summed E-state index contributed by atoms with van der Waals surface area (Å²) >= 11 is 0. The first kappa shape index (κ1) is 14.1. The minimum absolute atomic E-state index is 0.0106. The molecule has 2 unspecified atom stereocenters. The van der Waals surface area contributed by atoms with Crippen LogP contribution in [-0.2, 0) is 9.53 Å². The molecule has 0 heterocycles. The van der Waals surface area contributed by atoms with Gasteiger partial charge in [0, 0.05) is 6.92 Å². The lowest BCUT2D eigenvalue weighted by atomic mass is 10.1. The van der Waals surface area contributed by atoms with Crippen molar-refractivity contribution in [1.29, 1.82) is 0 Å². The predicted octanol–water partition coefficient (Wildman–Crippen LogP) is 2.92. The SMILES string of the molecule is CCC(C)(F)C(=O)OC(C)(F)C(F)(F)F. The van der Waals surface area contributed by atoms with Gasteiger partial charge >= 0.3 is 18.0 Å². The van der Waals surface area contributed by atoms with E-state index in [-0.39, 0.29) is 6.92 Å². The summed E-state index contributed by atoms with van der Waals surface area (Å²) in [5.74, 6) is -6.04. The smallest absolute Gasteiger partial charge is 0.417 e. The van der Waals surface area contributed by atoms with Crippen LogP contribution in [0, 0.1) is 0 Å². The first-order valence-electron chi connectivity index (χ1n) is 4.12. The van der Waals surface area contributed by atoms with Crippen LogP contribution >= 0.6 is 0 Å². The zero-order valence-corrected chi connectivity index (χ0v) is 8.41. The minimum Gasteiger partial charge on any atom is -0.417 e. The van der Waals surface area contributed by atoms with Gasteiger partial charge in [0.2, 0.25) is 5.67 Å².